The van der Waals surface area contributed by atoms with Crippen LogP contribution in [0.4, 0.5) is 0 Å². The molecule has 0 aliphatic heterocycles. The molecule has 1 aliphatic carbocycles. The third-order valence-electron chi connectivity index (χ3n) is 13.4. The number of pyridine rings is 2. The third-order valence-corrected chi connectivity index (χ3v) is 13.4. The fourth-order valence-corrected chi connectivity index (χ4v) is 10.6. The van der Waals surface area contributed by atoms with Crippen LogP contribution in [0.15, 0.2) is 178 Å². The van der Waals surface area contributed by atoms with E-state index in [0.717, 1.165) is 71.3 Å². The minimum absolute atomic E-state index is 0.250. The molecule has 1 aliphatic rings. The Labute approximate surface area is 341 Å². The molecule has 6 heteroatoms. The number of nitrogens with zero attached hydrogens (tertiary/aromatic N) is 3. The summed E-state index contributed by atoms with van der Waals surface area (Å²) in [5.41, 5.74) is 10.9. The molecule has 6 nitrogen and oxygen atoms in total. The Hall–Kier alpha value is -7.83. The van der Waals surface area contributed by atoms with Gasteiger partial charge in [-0.25, -0.2) is 13.6 Å². The summed E-state index contributed by atoms with van der Waals surface area (Å²) < 4.78 is 4.80. The van der Waals surface area contributed by atoms with Crippen LogP contribution in [0.5, 0.6) is 0 Å². The topological polar surface area (TPSA) is 65.0 Å². The molecule has 0 unspecified atom stereocenters. The quantitative estimate of drug-likeness (QED) is 0.168. The summed E-state index contributed by atoms with van der Waals surface area (Å²) in [6.45, 7) is 4.59. The van der Waals surface area contributed by atoms with Crippen molar-refractivity contribution in [3.63, 3.8) is 0 Å². The van der Waals surface area contributed by atoms with E-state index in [4.69, 9.17) is 0 Å². The van der Waals surface area contributed by atoms with Crippen molar-refractivity contribution in [3.8, 4) is 39.1 Å². The van der Waals surface area contributed by atoms with Gasteiger partial charge in [0.1, 0.15) is 0 Å². The van der Waals surface area contributed by atoms with Crippen molar-refractivity contribution >= 4 is 65.2 Å². The number of benzene rings is 8. The largest absolute Gasteiger partial charge is 0.343 e. The van der Waals surface area contributed by atoms with Crippen LogP contribution < -0.4 is 16.8 Å². The first-order chi connectivity index (χ1) is 29.3. The van der Waals surface area contributed by atoms with Crippen LogP contribution in [0.25, 0.3) is 104 Å². The number of imidazole rings is 1. The molecule has 0 radical (unpaired) electrons. The maximum Gasteiger partial charge on any atom is 0.343 e. The van der Waals surface area contributed by atoms with Gasteiger partial charge < -0.3 is 4.57 Å². The first-order valence-electron chi connectivity index (χ1n) is 20.3. The Kier molecular flexibility index (Phi) is 6.32. The van der Waals surface area contributed by atoms with Crippen molar-refractivity contribution in [2.75, 3.05) is 0 Å². The number of para-hydroxylation sites is 1. The highest BCUT2D eigenvalue weighted by atomic mass is 16.2. The Morgan fingerprint density at radius 2 is 1.00 bits per heavy atom. The molecule has 4 heterocycles. The van der Waals surface area contributed by atoms with E-state index in [1.54, 1.807) is 0 Å². The van der Waals surface area contributed by atoms with Crippen molar-refractivity contribution < 1.29 is 0 Å². The molecule has 0 fully saturated rings. The molecule has 0 amide bonds. The molecule has 4 aromatic heterocycles. The summed E-state index contributed by atoms with van der Waals surface area (Å²) in [6, 6.07) is 55.9. The molecule has 0 saturated carbocycles. The third kappa shape index (κ3) is 4.09. The molecular weight excluding hydrogens is 739 g/mol. The van der Waals surface area contributed by atoms with Crippen molar-refractivity contribution in [1.29, 1.82) is 0 Å². The zero-order valence-corrected chi connectivity index (χ0v) is 32.7. The smallest absolute Gasteiger partial charge is 0.309 e. The lowest BCUT2D eigenvalue weighted by Crippen LogP contribution is -2.30. The summed E-state index contributed by atoms with van der Waals surface area (Å²) in [4.78, 5) is 44.2. The van der Waals surface area contributed by atoms with E-state index in [0.29, 0.717) is 21.8 Å². The highest BCUT2D eigenvalue weighted by Gasteiger charge is 2.36. The minimum Gasteiger partial charge on any atom is -0.309 e. The summed E-state index contributed by atoms with van der Waals surface area (Å²) in [5.74, 6) is 0. The second kappa shape index (κ2) is 11.4. The van der Waals surface area contributed by atoms with Gasteiger partial charge in [-0.3, -0.25) is 9.59 Å². The van der Waals surface area contributed by atoms with Crippen LogP contribution in [-0.4, -0.2) is 13.4 Å². The Balaban J connectivity index is 1.28. The fraction of sp³-hybridized carbons (Fsp3) is 0.0556. The van der Waals surface area contributed by atoms with Crippen molar-refractivity contribution in [2.45, 2.75) is 19.3 Å². The van der Waals surface area contributed by atoms with Gasteiger partial charge in [-0.1, -0.05) is 129 Å². The lowest BCUT2D eigenvalue weighted by atomic mass is 9.82. The van der Waals surface area contributed by atoms with Crippen LogP contribution in [0, 0.1) is 0 Å². The average molecular weight is 772 g/mol. The van der Waals surface area contributed by atoms with Crippen LogP contribution in [0.2, 0.25) is 0 Å². The number of rotatable bonds is 3. The van der Waals surface area contributed by atoms with E-state index >= 15 is 0 Å². The fourth-order valence-electron chi connectivity index (χ4n) is 10.6. The molecule has 8 aromatic carbocycles. The van der Waals surface area contributed by atoms with Gasteiger partial charge in [0.25, 0.3) is 11.1 Å². The van der Waals surface area contributed by atoms with Crippen LogP contribution in [0.3, 0.4) is 0 Å². The van der Waals surface area contributed by atoms with Gasteiger partial charge in [-0.05, 0) is 104 Å². The molecule has 0 saturated heterocycles. The van der Waals surface area contributed by atoms with E-state index in [-0.39, 0.29) is 5.41 Å². The van der Waals surface area contributed by atoms with Crippen molar-refractivity contribution in [1.82, 2.24) is 13.4 Å². The van der Waals surface area contributed by atoms with Gasteiger partial charge in [0.05, 0.1) is 27.8 Å². The molecule has 0 N–H and O–H groups in total. The van der Waals surface area contributed by atoms with E-state index in [2.05, 4.69) is 122 Å². The minimum atomic E-state index is -0.658. The highest BCUT2D eigenvalue weighted by Crippen LogP contribution is 2.51. The predicted molar refractivity (Wildman–Crippen MR) is 245 cm³/mol. The summed E-state index contributed by atoms with van der Waals surface area (Å²) in [6.07, 6.45) is 0. The molecule has 60 heavy (non-hydrogen) atoms. The van der Waals surface area contributed by atoms with E-state index < -0.39 is 16.8 Å². The first kappa shape index (κ1) is 33.2. The van der Waals surface area contributed by atoms with Gasteiger partial charge in [0.15, 0.2) is 0 Å². The molecule has 0 spiro atoms. The van der Waals surface area contributed by atoms with Crippen LogP contribution in [0.1, 0.15) is 25.0 Å². The zero-order chi connectivity index (χ0) is 40.2. The summed E-state index contributed by atoms with van der Waals surface area (Å²) in [5, 5.41) is 5.93. The number of hydrogen-bond acceptors (Lipinski definition) is 3. The maximum atomic E-state index is 14.8. The monoisotopic (exact) mass is 771 g/mol. The zero-order valence-electron chi connectivity index (χ0n) is 32.7. The molecule has 12 aromatic rings. The number of aromatic nitrogens is 3. The Bertz CT molecular complexity index is 4030. The lowest BCUT2D eigenvalue weighted by Gasteiger charge is -2.22. The van der Waals surface area contributed by atoms with E-state index in [1.165, 1.54) is 31.1 Å². The molecular formula is C54H33N3O3. The van der Waals surface area contributed by atoms with Gasteiger partial charge in [-0.15, -0.1) is 0 Å². The maximum absolute atomic E-state index is 14.8. The standard InChI is InChI=1S/C54H33N3O3/c1-54(2)43-19-11-9-17-34(43)39-27-40-35-18-10-12-20-45(35)55(46(40)29-44(39)54)47-28-42-38-25-32(30-13-5-3-6-14-30)21-23-36(38)51(58)56-49(42)50-48(47)41-26-33(31-15-7-4-8-16-31)22-24-37(41)52(59)57(50)53(56)60/h3-29H,1-2H3. The lowest BCUT2D eigenvalue weighted by molar-refractivity contribution is 0.661. The van der Waals surface area contributed by atoms with Crippen molar-refractivity contribution in [3.05, 3.63) is 206 Å². The van der Waals surface area contributed by atoms with Gasteiger partial charge in [-0.2, -0.15) is 0 Å². The first-order valence-corrected chi connectivity index (χ1v) is 20.3. The normalized spacial score (nSPS) is 13.5. The van der Waals surface area contributed by atoms with Gasteiger partial charge >= 0.3 is 5.69 Å². The van der Waals surface area contributed by atoms with Gasteiger partial charge in [0.2, 0.25) is 0 Å². The Morgan fingerprint density at radius 1 is 0.400 bits per heavy atom. The number of fused-ring (bicyclic) bond motifs is 10. The molecule has 13 rings (SSSR count). The van der Waals surface area contributed by atoms with E-state index in [9.17, 15) is 14.4 Å². The molecule has 282 valence electrons. The number of hydrogen-bond donors (Lipinski definition) is 0. The second-order valence-corrected chi connectivity index (χ2v) is 16.8. The van der Waals surface area contributed by atoms with Gasteiger partial charge in [0, 0.05) is 37.7 Å². The average Bonchev–Trinajstić information content (AvgIpc) is 3.86. The summed E-state index contributed by atoms with van der Waals surface area (Å²) >= 11 is 0. The second-order valence-electron chi connectivity index (χ2n) is 16.8. The highest BCUT2D eigenvalue weighted by molar-refractivity contribution is 6.25. The van der Waals surface area contributed by atoms with Crippen LogP contribution in [-0.2, 0) is 5.41 Å². The predicted octanol–water partition coefficient (Wildman–Crippen LogP) is 11.3. The van der Waals surface area contributed by atoms with Crippen LogP contribution >= 0.6 is 0 Å². The van der Waals surface area contributed by atoms with E-state index in [1.807, 2.05) is 60.7 Å². The SMILES string of the molecule is CC1(C)c2ccccc2-c2cc3c4ccccc4n(-c4cc5c6cc(-c7ccccc7)ccc6c(=O)n6c(=O)n7c(=O)c8ccc(-c9ccccc9)cc8c4c7c56)c3cc21. The Morgan fingerprint density at radius 3 is 1.72 bits per heavy atom. The van der Waals surface area contributed by atoms with Crippen molar-refractivity contribution in [2.24, 2.45) is 0 Å². The summed E-state index contributed by atoms with van der Waals surface area (Å²) in [7, 11) is 0. The molecule has 0 bridgehead atoms. The molecule has 0 atom stereocenters.